The van der Waals surface area contributed by atoms with Crippen LogP contribution in [0.1, 0.15) is 43.2 Å². The Bertz CT molecular complexity index is 629. The number of hydrogen-bond donors (Lipinski definition) is 0. The Balaban J connectivity index is 1.66. The molecule has 0 N–H and O–H groups in total. The monoisotopic (exact) mass is 319 g/mol. The molecule has 1 fully saturated rings. The van der Waals surface area contributed by atoms with Crippen LogP contribution in [0.15, 0.2) is 35.0 Å². The third-order valence-corrected chi connectivity index (χ3v) is 4.15. The largest absolute Gasteiger partial charge is 0.360 e. The summed E-state index contributed by atoms with van der Waals surface area (Å²) >= 11 is 5.72. The van der Waals surface area contributed by atoms with E-state index in [0.29, 0.717) is 23.8 Å². The van der Waals surface area contributed by atoms with Crippen LogP contribution >= 0.6 is 11.6 Å². The molecule has 22 heavy (non-hydrogen) atoms. The third-order valence-electron chi connectivity index (χ3n) is 3.97. The molecule has 1 aliphatic rings. The summed E-state index contributed by atoms with van der Waals surface area (Å²) in [7, 11) is 0. The number of aryl methyl sites for hydroxylation is 1. The molecule has 0 aliphatic carbocycles. The maximum atomic E-state index is 12.6. The molecule has 0 saturated carbocycles. The van der Waals surface area contributed by atoms with E-state index in [4.69, 9.17) is 16.1 Å². The molecule has 0 unspecified atom stereocenters. The highest BCUT2D eigenvalue weighted by Crippen LogP contribution is 2.30. The van der Waals surface area contributed by atoms with Crippen molar-refractivity contribution in [1.29, 1.82) is 0 Å². The van der Waals surface area contributed by atoms with Gasteiger partial charge in [0.2, 0.25) is 5.91 Å². The zero-order valence-corrected chi connectivity index (χ0v) is 13.0. The molecule has 2 aromatic rings. The molecule has 1 aliphatic heterocycles. The van der Waals surface area contributed by atoms with Crippen molar-refractivity contribution >= 4 is 17.5 Å². The van der Waals surface area contributed by atoms with Crippen LogP contribution in [-0.2, 0) is 11.2 Å². The highest BCUT2D eigenvalue weighted by atomic mass is 35.5. The molecule has 2 aromatic heterocycles. The molecule has 0 radical (unpaired) electrons. The van der Waals surface area contributed by atoms with Crippen molar-refractivity contribution in [2.24, 2.45) is 0 Å². The standard InChI is InChI=1S/C16H18ClN3O2/c17-15-11-12(22-19-15)7-8-16(21)20-10-4-2-6-14(20)13-5-1-3-9-18-13/h1,3,5,9,11,14H,2,4,6-8,10H2/t14-/m1/s1. The van der Waals surface area contributed by atoms with E-state index in [2.05, 4.69) is 10.1 Å². The quantitative estimate of drug-likeness (QED) is 0.866. The first-order valence-electron chi connectivity index (χ1n) is 7.55. The first-order chi connectivity index (χ1) is 10.7. The minimum absolute atomic E-state index is 0.0840. The van der Waals surface area contributed by atoms with Crippen LogP contribution in [0, 0.1) is 0 Å². The van der Waals surface area contributed by atoms with Crippen molar-refractivity contribution in [2.75, 3.05) is 6.54 Å². The van der Waals surface area contributed by atoms with Gasteiger partial charge in [0.15, 0.2) is 5.15 Å². The Morgan fingerprint density at radius 1 is 1.41 bits per heavy atom. The SMILES string of the molecule is O=C(CCc1cc(Cl)no1)N1CCCC[C@@H]1c1ccccn1. The summed E-state index contributed by atoms with van der Waals surface area (Å²) in [5.74, 6) is 0.771. The van der Waals surface area contributed by atoms with Crippen LogP contribution < -0.4 is 0 Å². The maximum Gasteiger partial charge on any atom is 0.223 e. The summed E-state index contributed by atoms with van der Waals surface area (Å²) in [5, 5.41) is 3.95. The van der Waals surface area contributed by atoms with Gasteiger partial charge in [0, 0.05) is 31.6 Å². The molecule has 1 saturated heterocycles. The highest BCUT2D eigenvalue weighted by molar-refractivity contribution is 6.29. The van der Waals surface area contributed by atoms with Gasteiger partial charge >= 0.3 is 0 Å². The average Bonchev–Trinajstić information content (AvgIpc) is 2.99. The van der Waals surface area contributed by atoms with Gasteiger partial charge in [0.25, 0.3) is 0 Å². The van der Waals surface area contributed by atoms with Gasteiger partial charge < -0.3 is 9.42 Å². The number of halogens is 1. The van der Waals surface area contributed by atoms with Crippen molar-refractivity contribution in [3.05, 3.63) is 47.1 Å². The Morgan fingerprint density at radius 2 is 2.32 bits per heavy atom. The van der Waals surface area contributed by atoms with E-state index in [9.17, 15) is 4.79 Å². The molecule has 0 aromatic carbocycles. The topological polar surface area (TPSA) is 59.2 Å². The molecular weight excluding hydrogens is 302 g/mol. The number of pyridine rings is 1. The number of hydrogen-bond acceptors (Lipinski definition) is 4. The number of rotatable bonds is 4. The summed E-state index contributed by atoms with van der Waals surface area (Å²) in [6, 6.07) is 7.59. The number of aromatic nitrogens is 2. The molecule has 3 rings (SSSR count). The average molecular weight is 320 g/mol. The zero-order chi connectivity index (χ0) is 15.4. The van der Waals surface area contributed by atoms with Gasteiger partial charge in [-0.1, -0.05) is 22.8 Å². The van der Waals surface area contributed by atoms with E-state index in [1.165, 1.54) is 0 Å². The second-order valence-electron chi connectivity index (χ2n) is 5.47. The van der Waals surface area contributed by atoms with E-state index in [-0.39, 0.29) is 11.9 Å². The van der Waals surface area contributed by atoms with Crippen molar-refractivity contribution in [3.8, 4) is 0 Å². The molecule has 1 atom stereocenters. The lowest BCUT2D eigenvalue weighted by atomic mass is 9.98. The molecular formula is C16H18ClN3O2. The van der Waals surface area contributed by atoms with Crippen LogP contribution in [0.25, 0.3) is 0 Å². The second-order valence-corrected chi connectivity index (χ2v) is 5.86. The zero-order valence-electron chi connectivity index (χ0n) is 12.2. The number of piperidine rings is 1. The van der Waals surface area contributed by atoms with E-state index in [1.54, 1.807) is 12.3 Å². The lowest BCUT2D eigenvalue weighted by molar-refractivity contribution is -0.135. The Kier molecular flexibility index (Phi) is 4.73. The lowest BCUT2D eigenvalue weighted by Gasteiger charge is -2.35. The molecule has 0 bridgehead atoms. The number of amides is 1. The Morgan fingerprint density at radius 3 is 3.05 bits per heavy atom. The molecule has 116 valence electrons. The number of nitrogens with zero attached hydrogens (tertiary/aromatic N) is 3. The lowest BCUT2D eigenvalue weighted by Crippen LogP contribution is -2.38. The first-order valence-corrected chi connectivity index (χ1v) is 7.93. The summed E-state index contributed by atoms with van der Waals surface area (Å²) in [6.45, 7) is 0.789. The van der Waals surface area contributed by atoms with Gasteiger partial charge in [0.05, 0.1) is 11.7 Å². The molecule has 0 spiro atoms. The normalized spacial score (nSPS) is 18.4. The summed E-state index contributed by atoms with van der Waals surface area (Å²) in [6.07, 6.45) is 5.84. The Labute approximate surface area is 134 Å². The molecule has 1 amide bonds. The van der Waals surface area contributed by atoms with Crippen LogP contribution in [0.4, 0.5) is 0 Å². The number of carbonyl (C=O) groups excluding carboxylic acids is 1. The fraction of sp³-hybridized carbons (Fsp3) is 0.438. The van der Waals surface area contributed by atoms with Crippen molar-refractivity contribution < 1.29 is 9.32 Å². The van der Waals surface area contributed by atoms with Gasteiger partial charge in [-0.2, -0.15) is 0 Å². The minimum atomic E-state index is 0.0840. The first kappa shape index (κ1) is 15.0. The second kappa shape index (κ2) is 6.92. The summed E-state index contributed by atoms with van der Waals surface area (Å²) in [5.41, 5.74) is 0.971. The fourth-order valence-electron chi connectivity index (χ4n) is 2.89. The summed E-state index contributed by atoms with van der Waals surface area (Å²) < 4.78 is 5.05. The molecule has 5 nitrogen and oxygen atoms in total. The van der Waals surface area contributed by atoms with E-state index < -0.39 is 0 Å². The predicted molar refractivity (Wildman–Crippen MR) is 82.4 cm³/mol. The molecule has 6 heteroatoms. The highest BCUT2D eigenvalue weighted by Gasteiger charge is 2.28. The van der Waals surface area contributed by atoms with E-state index >= 15 is 0 Å². The van der Waals surface area contributed by atoms with Crippen LogP contribution in [0.2, 0.25) is 5.15 Å². The number of likely N-dealkylation sites (tertiary alicyclic amines) is 1. The van der Waals surface area contributed by atoms with E-state index in [0.717, 1.165) is 31.5 Å². The van der Waals surface area contributed by atoms with Gasteiger partial charge in [-0.25, -0.2) is 0 Å². The van der Waals surface area contributed by atoms with Crippen LogP contribution in [0.5, 0.6) is 0 Å². The van der Waals surface area contributed by atoms with Gasteiger partial charge in [-0.3, -0.25) is 9.78 Å². The van der Waals surface area contributed by atoms with Crippen molar-refractivity contribution in [3.63, 3.8) is 0 Å². The number of carbonyl (C=O) groups is 1. The van der Waals surface area contributed by atoms with Crippen molar-refractivity contribution in [2.45, 2.75) is 38.1 Å². The van der Waals surface area contributed by atoms with Crippen molar-refractivity contribution in [1.82, 2.24) is 15.0 Å². The van der Waals surface area contributed by atoms with Gasteiger partial charge in [0.1, 0.15) is 5.76 Å². The third kappa shape index (κ3) is 3.47. The van der Waals surface area contributed by atoms with Crippen LogP contribution in [0.3, 0.4) is 0 Å². The van der Waals surface area contributed by atoms with E-state index in [1.807, 2.05) is 23.1 Å². The predicted octanol–water partition coefficient (Wildman–Crippen LogP) is 3.41. The smallest absolute Gasteiger partial charge is 0.223 e. The van der Waals surface area contributed by atoms with Crippen LogP contribution in [-0.4, -0.2) is 27.5 Å². The maximum absolute atomic E-state index is 12.6. The summed E-state index contributed by atoms with van der Waals surface area (Å²) in [4.78, 5) is 18.9. The molecule has 3 heterocycles. The fourth-order valence-corrected chi connectivity index (χ4v) is 3.05. The van der Waals surface area contributed by atoms with Gasteiger partial charge in [-0.05, 0) is 31.4 Å². The Hall–Kier alpha value is -1.88. The van der Waals surface area contributed by atoms with Gasteiger partial charge in [-0.15, -0.1) is 0 Å². The minimum Gasteiger partial charge on any atom is -0.360 e.